The van der Waals surface area contributed by atoms with E-state index in [1.165, 1.54) is 13.2 Å². The molecule has 0 unspecified atom stereocenters. The van der Waals surface area contributed by atoms with Crippen LogP contribution in [0, 0.1) is 0 Å². The van der Waals surface area contributed by atoms with Crippen LogP contribution in [0.25, 0.3) is 0 Å². The van der Waals surface area contributed by atoms with Gasteiger partial charge in [0, 0.05) is 5.69 Å². The second-order valence-electron chi connectivity index (χ2n) is 2.38. The molecule has 14 heavy (non-hydrogen) atoms. The van der Waals surface area contributed by atoms with Crippen molar-refractivity contribution in [3.05, 3.63) is 24.3 Å². The molecule has 76 valence electrons. The Labute approximate surface area is 83.1 Å². The summed E-state index contributed by atoms with van der Waals surface area (Å²) in [4.78, 5) is 11.0. The number of ether oxygens (including phenoxy) is 1. The van der Waals surface area contributed by atoms with Gasteiger partial charge in [-0.3, -0.25) is 4.36 Å². The van der Waals surface area contributed by atoms with Gasteiger partial charge in [-0.05, 0) is 6.07 Å². The number of hydrogen-bond donors (Lipinski definition) is 1. The van der Waals surface area contributed by atoms with Crippen molar-refractivity contribution in [2.75, 3.05) is 12.8 Å². The molecule has 0 aliphatic heterocycles. The third kappa shape index (κ3) is 2.74. The summed E-state index contributed by atoms with van der Waals surface area (Å²) in [7, 11) is -0.584. The first-order valence-corrected chi connectivity index (χ1v) is 4.81. The first-order valence-electron chi connectivity index (χ1n) is 3.70. The second-order valence-corrected chi connectivity index (χ2v) is 3.54. The Morgan fingerprint density at radius 2 is 2.29 bits per heavy atom. The van der Waals surface area contributed by atoms with Crippen LogP contribution in [0.5, 0.6) is 0 Å². The second kappa shape index (κ2) is 4.61. The summed E-state index contributed by atoms with van der Waals surface area (Å²) in [6, 6.07) is 6.34. The molecule has 1 amide bonds. The van der Waals surface area contributed by atoms with E-state index < -0.39 is 16.7 Å². The van der Waals surface area contributed by atoms with Gasteiger partial charge < -0.3 is 14.7 Å². The molecule has 0 bridgehead atoms. The molecule has 0 aliphatic rings. The van der Waals surface area contributed by atoms with Crippen molar-refractivity contribution < 1.29 is 13.7 Å². The van der Waals surface area contributed by atoms with Crippen LogP contribution < -0.4 is 5.73 Å². The highest BCUT2D eigenvalue weighted by atomic mass is 32.2. The fourth-order valence-electron chi connectivity index (χ4n) is 0.781. The summed E-state index contributed by atoms with van der Waals surface area (Å²) >= 11 is 0. The summed E-state index contributed by atoms with van der Waals surface area (Å²) < 4.78 is 18.9. The average molecular weight is 213 g/mol. The molecule has 6 heteroatoms. The van der Waals surface area contributed by atoms with Crippen molar-refractivity contribution in [2.45, 2.75) is 4.90 Å². The fourth-order valence-corrected chi connectivity index (χ4v) is 1.53. The largest absolute Gasteiger partial charge is 0.453 e. The zero-order valence-corrected chi connectivity index (χ0v) is 8.28. The quantitative estimate of drug-likeness (QED) is 0.566. The van der Waals surface area contributed by atoms with E-state index >= 15 is 0 Å². The molecular formula is C8H9N2O3S-. The van der Waals surface area contributed by atoms with Crippen molar-refractivity contribution in [3.63, 3.8) is 0 Å². The number of carbonyl (C=O) groups excluding carboxylic acids is 1. The van der Waals surface area contributed by atoms with Crippen LogP contribution >= 0.6 is 0 Å². The van der Waals surface area contributed by atoms with Crippen molar-refractivity contribution in [1.82, 2.24) is 0 Å². The maximum atomic E-state index is 11.4. The molecule has 0 spiro atoms. The Kier molecular flexibility index (Phi) is 3.47. The number of anilines is 1. The molecule has 0 radical (unpaired) electrons. The maximum absolute atomic E-state index is 11.4. The molecule has 2 N–H and O–H groups in total. The van der Waals surface area contributed by atoms with E-state index in [1.807, 2.05) is 0 Å². The minimum Gasteiger partial charge on any atom is -0.453 e. The van der Waals surface area contributed by atoms with Crippen molar-refractivity contribution >= 4 is 22.4 Å². The van der Waals surface area contributed by atoms with Crippen LogP contribution in [-0.4, -0.2) is 13.2 Å². The van der Waals surface area contributed by atoms with Crippen LogP contribution in [0.4, 0.5) is 10.5 Å². The number of rotatable bonds is 1. The van der Waals surface area contributed by atoms with Gasteiger partial charge in [-0.1, -0.05) is 23.1 Å². The van der Waals surface area contributed by atoms with E-state index in [2.05, 4.69) is 9.10 Å². The lowest BCUT2D eigenvalue weighted by Crippen LogP contribution is -1.93. The molecule has 0 fully saturated rings. The third-order valence-electron chi connectivity index (χ3n) is 1.39. The fraction of sp³-hybridized carbons (Fsp3) is 0.125. The van der Waals surface area contributed by atoms with Crippen LogP contribution in [-0.2, 0) is 19.5 Å². The summed E-state index contributed by atoms with van der Waals surface area (Å²) in [6.07, 6.45) is -0.870. The van der Waals surface area contributed by atoms with E-state index in [9.17, 15) is 9.00 Å². The molecule has 1 aromatic rings. The van der Waals surface area contributed by atoms with E-state index in [1.54, 1.807) is 18.2 Å². The lowest BCUT2D eigenvalue weighted by Gasteiger charge is -2.04. The number of nitrogens with zero attached hydrogens (tertiary/aromatic N) is 1. The zero-order valence-electron chi connectivity index (χ0n) is 7.47. The van der Waals surface area contributed by atoms with Gasteiger partial charge in [-0.25, -0.2) is 4.79 Å². The summed E-state index contributed by atoms with van der Waals surface area (Å²) in [5.41, 5.74) is 5.94. The van der Waals surface area contributed by atoms with Crippen LogP contribution in [0.3, 0.4) is 0 Å². The maximum Gasteiger partial charge on any atom is 0.409 e. The normalized spacial score (nSPS) is 12.4. The number of carbonyl (C=O) groups is 1. The zero-order chi connectivity index (χ0) is 10.6. The average Bonchev–Trinajstić information content (AvgIpc) is 2.17. The third-order valence-corrected chi connectivity index (χ3v) is 2.36. The van der Waals surface area contributed by atoms with Gasteiger partial charge >= 0.3 is 6.09 Å². The number of nitrogen functional groups attached to an aromatic ring is 1. The molecule has 0 atom stereocenters. The predicted molar refractivity (Wildman–Crippen MR) is 52.0 cm³/mol. The Morgan fingerprint density at radius 1 is 1.57 bits per heavy atom. The molecule has 1 aromatic carbocycles. The number of methoxy groups -OCH3 is 1. The van der Waals surface area contributed by atoms with Gasteiger partial charge in [0.15, 0.2) is 0 Å². The van der Waals surface area contributed by atoms with Gasteiger partial charge in [0.25, 0.3) is 0 Å². The Bertz CT molecular complexity index is 424. The van der Waals surface area contributed by atoms with Gasteiger partial charge in [-0.15, -0.1) is 10.6 Å². The standard InChI is InChI=1S/C8H9N2O3S/c1-13-8(11)10-14(12)7-4-2-3-6(9)5-7/h2-5H,9H2,1H3/q-1. The topological polar surface area (TPSA) is 81.8 Å². The highest BCUT2D eigenvalue weighted by molar-refractivity contribution is 7.75. The van der Waals surface area contributed by atoms with E-state index in [-0.39, 0.29) is 0 Å². The minimum absolute atomic E-state index is 0.371. The van der Waals surface area contributed by atoms with Gasteiger partial charge in [0.05, 0.1) is 7.11 Å². The highest BCUT2D eigenvalue weighted by Crippen LogP contribution is 2.08. The Morgan fingerprint density at radius 3 is 2.86 bits per heavy atom. The van der Waals surface area contributed by atoms with Crippen LogP contribution in [0.2, 0.25) is 0 Å². The van der Waals surface area contributed by atoms with E-state index in [0.717, 1.165) is 0 Å². The first kappa shape index (κ1) is 10.5. The minimum atomic E-state index is -1.75. The summed E-state index contributed by atoms with van der Waals surface area (Å²) in [5.74, 6) is 0. The predicted octanol–water partition coefficient (Wildman–Crippen LogP) is 1.54. The SMILES string of the molecule is COC(=O)N=[S-](=O)c1cccc(N)c1. The van der Waals surface area contributed by atoms with Gasteiger partial charge in [0.1, 0.15) is 0 Å². The van der Waals surface area contributed by atoms with Crippen molar-refractivity contribution in [1.29, 1.82) is 0 Å². The van der Waals surface area contributed by atoms with E-state index in [0.29, 0.717) is 10.6 Å². The Balaban J connectivity index is 3.01. The number of hydrogen-bond acceptors (Lipinski definition) is 5. The molecule has 0 saturated heterocycles. The van der Waals surface area contributed by atoms with Crippen LogP contribution in [0.1, 0.15) is 0 Å². The van der Waals surface area contributed by atoms with Crippen molar-refractivity contribution in [3.8, 4) is 0 Å². The molecule has 0 aliphatic carbocycles. The number of benzene rings is 1. The Hall–Kier alpha value is -1.56. The molecule has 0 heterocycles. The highest BCUT2D eigenvalue weighted by Gasteiger charge is 1.89. The van der Waals surface area contributed by atoms with E-state index in [4.69, 9.17) is 5.73 Å². The van der Waals surface area contributed by atoms with Crippen LogP contribution in [0.15, 0.2) is 33.5 Å². The smallest absolute Gasteiger partial charge is 0.409 e. The lowest BCUT2D eigenvalue weighted by molar-refractivity contribution is 0.183. The van der Waals surface area contributed by atoms with Gasteiger partial charge in [-0.2, -0.15) is 0 Å². The molecule has 0 aromatic heterocycles. The number of amides is 1. The number of nitrogens with two attached hydrogens (primary N) is 1. The summed E-state index contributed by atoms with van der Waals surface area (Å²) in [5, 5.41) is 0. The monoisotopic (exact) mass is 213 g/mol. The lowest BCUT2D eigenvalue weighted by atomic mass is 10.3. The molecule has 1 rings (SSSR count). The summed E-state index contributed by atoms with van der Waals surface area (Å²) in [6.45, 7) is 0. The molecular weight excluding hydrogens is 204 g/mol. The van der Waals surface area contributed by atoms with Gasteiger partial charge in [0.2, 0.25) is 0 Å². The molecule has 0 saturated carbocycles. The first-order chi connectivity index (χ1) is 6.63. The van der Waals surface area contributed by atoms with Crippen molar-refractivity contribution in [2.24, 2.45) is 4.36 Å². The molecule has 5 nitrogen and oxygen atoms in total.